The Morgan fingerprint density at radius 1 is 1.02 bits per heavy atom. The van der Waals surface area contributed by atoms with Gasteiger partial charge in [-0.15, -0.1) is 23.2 Å². The summed E-state index contributed by atoms with van der Waals surface area (Å²) in [6.07, 6.45) is 3.49. The van der Waals surface area contributed by atoms with Gasteiger partial charge in [0.1, 0.15) is 35.7 Å². The van der Waals surface area contributed by atoms with Crippen molar-refractivity contribution in [3.8, 4) is 0 Å². The van der Waals surface area contributed by atoms with Crippen LogP contribution >= 0.6 is 23.2 Å². The Bertz CT molecular complexity index is 1800. The molecule has 16 heteroatoms. The molecule has 6 atom stereocenters. The van der Waals surface area contributed by atoms with E-state index in [-0.39, 0.29) is 17.6 Å². The van der Waals surface area contributed by atoms with Gasteiger partial charge >= 0.3 is 11.9 Å². The molecule has 316 valence electrons. The van der Waals surface area contributed by atoms with Crippen molar-refractivity contribution in [2.45, 2.75) is 135 Å². The Labute approximate surface area is 348 Å². The van der Waals surface area contributed by atoms with Crippen molar-refractivity contribution in [1.82, 2.24) is 26.1 Å². The first-order valence-electron chi connectivity index (χ1n) is 19.4. The van der Waals surface area contributed by atoms with Crippen molar-refractivity contribution in [3.63, 3.8) is 0 Å². The number of nitrogens with zero attached hydrogens (tertiary/aromatic N) is 2. The minimum absolute atomic E-state index is 0.142. The first-order chi connectivity index (χ1) is 26.4. The molecular weight excluding hydrogens is 789 g/mol. The number of aromatic nitrogens is 1. The molecular formula is C41H61Cl2N5O8Si. The maximum absolute atomic E-state index is 14.6. The smallest absolute Gasteiger partial charge is 0.325 e. The molecule has 1 fully saturated rings. The van der Waals surface area contributed by atoms with Gasteiger partial charge < -0.3 is 24.5 Å². The number of halogens is 2. The molecule has 1 saturated heterocycles. The summed E-state index contributed by atoms with van der Waals surface area (Å²) in [6.45, 7) is 22.7. The van der Waals surface area contributed by atoms with Crippen LogP contribution in [0, 0.1) is 11.3 Å². The normalized spacial score (nSPS) is 18.5. The molecule has 0 spiro atoms. The van der Waals surface area contributed by atoms with Crippen LogP contribution in [0.4, 0.5) is 0 Å². The molecule has 2 aromatic rings. The molecule has 2 unspecified atom stereocenters. The van der Waals surface area contributed by atoms with Gasteiger partial charge in [-0.2, -0.15) is 0 Å². The Hall–Kier alpha value is -3.56. The Morgan fingerprint density at radius 2 is 1.67 bits per heavy atom. The van der Waals surface area contributed by atoms with Crippen molar-refractivity contribution < 1.29 is 37.9 Å². The summed E-state index contributed by atoms with van der Waals surface area (Å²) < 4.78 is 17.3. The van der Waals surface area contributed by atoms with Crippen LogP contribution in [0.5, 0.6) is 0 Å². The fourth-order valence-corrected chi connectivity index (χ4v) is 7.60. The van der Waals surface area contributed by atoms with E-state index in [1.54, 1.807) is 26.8 Å². The van der Waals surface area contributed by atoms with E-state index in [1.807, 2.05) is 57.2 Å². The third-order valence-electron chi connectivity index (χ3n) is 10.8. The number of ether oxygens (including phenoxy) is 2. The van der Waals surface area contributed by atoms with Gasteiger partial charge in [-0.05, 0) is 82.3 Å². The first-order valence-corrected chi connectivity index (χ1v) is 23.2. The van der Waals surface area contributed by atoms with E-state index in [4.69, 9.17) is 42.1 Å². The molecule has 3 rings (SSSR count). The Kier molecular flexibility index (Phi) is 16.7. The molecule has 3 amide bonds. The largest absolute Gasteiger partial charge is 0.462 e. The van der Waals surface area contributed by atoms with Crippen LogP contribution in [0.2, 0.25) is 18.1 Å². The second-order valence-corrected chi connectivity index (χ2v) is 22.9. The van der Waals surface area contributed by atoms with Crippen LogP contribution < -0.4 is 16.1 Å². The number of hydrogen-bond acceptors (Lipinski definition) is 10. The van der Waals surface area contributed by atoms with E-state index < -0.39 is 78.6 Å². The highest BCUT2D eigenvalue weighted by Gasteiger charge is 2.46. The van der Waals surface area contributed by atoms with Gasteiger partial charge in [-0.3, -0.25) is 29.0 Å². The number of esters is 2. The zero-order chi connectivity index (χ0) is 43.0. The lowest BCUT2D eigenvalue weighted by atomic mass is 9.82. The standard InChI is InChI=1S/C41H61Cl2N5O8Si/c1-24(2)35(36(50)44-25(3)37(51)48-21-13-14-32(47-48)38(52)54-23-34(42)43)46-39(53)41(10,27(5)56-57(11,12)40(7,8)9)20-19-29-15-16-30-17-18-31(45-33(30)22-29)26(4)55-28(6)49/h15-20,22,24-27,32,34-35,47H,13-14,21,23H2,1-12H3,(H,44,50)(H,46,53)/b20-19+/t25-,26+,27?,32-,35-,41?/m0/s1. The Balaban J connectivity index is 1.88. The highest BCUT2D eigenvalue weighted by Crippen LogP contribution is 2.40. The molecule has 57 heavy (non-hydrogen) atoms. The van der Waals surface area contributed by atoms with Crippen LogP contribution in [0.3, 0.4) is 0 Å². The monoisotopic (exact) mass is 849 g/mol. The molecule has 3 N–H and O–H groups in total. The van der Waals surface area contributed by atoms with Crippen molar-refractivity contribution in [2.24, 2.45) is 11.3 Å². The number of amides is 3. The summed E-state index contributed by atoms with van der Waals surface area (Å²) in [5, 5.41) is 7.81. The minimum atomic E-state index is -2.38. The highest BCUT2D eigenvalue weighted by molar-refractivity contribution is 6.74. The van der Waals surface area contributed by atoms with Crippen molar-refractivity contribution in [2.75, 3.05) is 13.2 Å². The maximum atomic E-state index is 14.6. The van der Waals surface area contributed by atoms with E-state index in [0.717, 1.165) is 10.9 Å². The van der Waals surface area contributed by atoms with Gasteiger partial charge in [-0.25, -0.2) is 10.4 Å². The molecule has 0 bridgehead atoms. The fourth-order valence-electron chi connectivity index (χ4n) is 5.99. The summed E-state index contributed by atoms with van der Waals surface area (Å²) >= 11 is 11.4. The van der Waals surface area contributed by atoms with Crippen molar-refractivity contribution >= 4 is 78.2 Å². The van der Waals surface area contributed by atoms with Crippen LogP contribution in [-0.4, -0.2) is 90.2 Å². The number of fused-ring (bicyclic) bond motifs is 1. The molecule has 1 aliphatic rings. The second kappa shape index (κ2) is 19.9. The van der Waals surface area contributed by atoms with E-state index in [1.165, 1.54) is 11.9 Å². The van der Waals surface area contributed by atoms with E-state index in [2.05, 4.69) is 49.9 Å². The van der Waals surface area contributed by atoms with E-state index >= 15 is 0 Å². The maximum Gasteiger partial charge on any atom is 0.325 e. The third-order valence-corrected chi connectivity index (χ3v) is 15.6. The molecule has 1 aromatic carbocycles. The first kappa shape index (κ1) is 47.8. The van der Waals surface area contributed by atoms with Crippen LogP contribution in [0.25, 0.3) is 17.0 Å². The molecule has 1 aromatic heterocycles. The van der Waals surface area contributed by atoms with Crippen LogP contribution in [-0.2, 0) is 37.9 Å². The molecule has 1 aliphatic heterocycles. The quantitative estimate of drug-likeness (QED) is 0.0932. The van der Waals surface area contributed by atoms with Gasteiger partial charge in [0.25, 0.3) is 5.91 Å². The number of nitrogens with one attached hydrogen (secondary N) is 3. The average molecular weight is 851 g/mol. The number of hydrogen-bond donors (Lipinski definition) is 3. The number of benzene rings is 1. The molecule has 13 nitrogen and oxygen atoms in total. The average Bonchev–Trinajstić information content (AvgIpc) is 3.12. The number of hydrazine groups is 1. The summed E-state index contributed by atoms with van der Waals surface area (Å²) in [5.74, 6) is -2.75. The molecule has 0 aliphatic carbocycles. The minimum Gasteiger partial charge on any atom is -0.462 e. The molecule has 2 heterocycles. The van der Waals surface area contributed by atoms with E-state index in [9.17, 15) is 24.0 Å². The Morgan fingerprint density at radius 3 is 2.26 bits per heavy atom. The van der Waals surface area contributed by atoms with Crippen molar-refractivity contribution in [3.05, 3.63) is 47.7 Å². The predicted octanol–water partition coefficient (Wildman–Crippen LogP) is 6.78. The van der Waals surface area contributed by atoms with Crippen LogP contribution in [0.1, 0.15) is 99.4 Å². The lowest BCUT2D eigenvalue weighted by molar-refractivity contribution is -0.152. The summed E-state index contributed by atoms with van der Waals surface area (Å²) in [7, 11) is -2.38. The molecule has 0 saturated carbocycles. The number of carbonyl (C=O) groups excluding carboxylic acids is 5. The van der Waals surface area contributed by atoms with Crippen molar-refractivity contribution in [1.29, 1.82) is 0 Å². The summed E-state index contributed by atoms with van der Waals surface area (Å²) in [4.78, 5) is 69.8. The van der Waals surface area contributed by atoms with Gasteiger partial charge in [-0.1, -0.05) is 65.0 Å². The van der Waals surface area contributed by atoms with E-state index in [0.29, 0.717) is 30.6 Å². The zero-order valence-electron chi connectivity index (χ0n) is 35.3. The van der Waals surface area contributed by atoms with Crippen LogP contribution in [0.15, 0.2) is 36.4 Å². The summed E-state index contributed by atoms with van der Waals surface area (Å²) in [5.41, 5.74) is 3.71. The summed E-state index contributed by atoms with van der Waals surface area (Å²) in [6, 6.07) is 6.73. The number of rotatable bonds is 16. The van der Waals surface area contributed by atoms with Gasteiger partial charge in [0, 0.05) is 18.9 Å². The second-order valence-electron chi connectivity index (χ2n) is 16.8. The number of carbonyl (C=O) groups is 5. The number of alkyl halides is 2. The topological polar surface area (TPSA) is 165 Å². The van der Waals surface area contributed by atoms with Gasteiger partial charge in [0.05, 0.1) is 22.7 Å². The van der Waals surface area contributed by atoms with Gasteiger partial charge in [0.2, 0.25) is 11.8 Å². The predicted molar refractivity (Wildman–Crippen MR) is 226 cm³/mol. The highest BCUT2D eigenvalue weighted by atomic mass is 35.5. The zero-order valence-corrected chi connectivity index (χ0v) is 37.8. The van der Waals surface area contributed by atoms with Gasteiger partial charge in [0.15, 0.2) is 8.32 Å². The molecule has 0 radical (unpaired) electrons. The fraction of sp³-hybridized carbons (Fsp3) is 0.610. The lowest BCUT2D eigenvalue weighted by Crippen LogP contribution is -2.61. The SMILES string of the molecule is CC(=O)O[C@H](C)c1ccc2ccc(/C=C/C(C)(C(=O)N[C@H](C(=O)N[C@@H](C)C(=O)N3CCC[C@@H](C(=O)OCC(Cl)Cl)N3)C(C)C)C(C)O[Si](C)(C)C(C)(C)C)cc2n1. The number of pyridine rings is 1. The lowest BCUT2D eigenvalue weighted by Gasteiger charge is -2.43. The third kappa shape index (κ3) is 13.0.